The number of aryl methyl sites for hydroxylation is 1. The molecule has 0 atom stereocenters. The van der Waals surface area contributed by atoms with Crippen LogP contribution >= 0.6 is 0 Å². The number of rotatable bonds is 3. The fourth-order valence-corrected chi connectivity index (χ4v) is 4.03. The van der Waals surface area contributed by atoms with Crippen molar-refractivity contribution in [2.24, 2.45) is 0 Å². The average molecular weight is 362 g/mol. The Morgan fingerprint density at radius 2 is 1.73 bits per heavy atom. The van der Waals surface area contributed by atoms with E-state index in [0.717, 1.165) is 39.1 Å². The van der Waals surface area contributed by atoms with Crippen molar-refractivity contribution in [2.75, 3.05) is 52.6 Å². The molecule has 0 spiro atoms. The normalized spacial score (nSPS) is 23.0. The fraction of sp³-hybridized carbons (Fsp3) is 0.684. The van der Waals surface area contributed by atoms with Crippen molar-refractivity contribution in [3.63, 3.8) is 0 Å². The highest BCUT2D eigenvalue weighted by molar-refractivity contribution is 5.95. The van der Waals surface area contributed by atoms with E-state index in [9.17, 15) is 9.59 Å². The molecule has 26 heavy (non-hydrogen) atoms. The van der Waals surface area contributed by atoms with Gasteiger partial charge in [0, 0.05) is 51.4 Å². The molecule has 3 saturated heterocycles. The first-order valence-corrected chi connectivity index (χ1v) is 9.47. The molecule has 4 heterocycles. The summed E-state index contributed by atoms with van der Waals surface area (Å²) in [5.41, 5.74) is 0.384. The van der Waals surface area contributed by atoms with Gasteiger partial charge in [-0.3, -0.25) is 9.69 Å². The Morgan fingerprint density at radius 1 is 1.08 bits per heavy atom. The second kappa shape index (κ2) is 7.50. The largest absolute Gasteiger partial charge is 0.427 e. The quantitative estimate of drug-likeness (QED) is 0.799. The number of carbonyl (C=O) groups is 1. The van der Waals surface area contributed by atoms with E-state index in [-0.39, 0.29) is 17.4 Å². The lowest BCUT2D eigenvalue weighted by molar-refractivity contribution is -0.0257. The third kappa shape index (κ3) is 3.43. The Kier molecular flexibility index (Phi) is 5.11. The predicted octanol–water partition coefficient (Wildman–Crippen LogP) is 0.999. The van der Waals surface area contributed by atoms with Crippen LogP contribution in [0.5, 0.6) is 0 Å². The number of ether oxygens (including phenoxy) is 2. The highest BCUT2D eigenvalue weighted by atomic mass is 16.5. The number of hydrogen-bond acceptors (Lipinski definition) is 6. The summed E-state index contributed by atoms with van der Waals surface area (Å²) >= 11 is 0. The summed E-state index contributed by atoms with van der Waals surface area (Å²) in [6, 6.07) is 2.24. The van der Waals surface area contributed by atoms with Crippen LogP contribution in [-0.4, -0.2) is 74.4 Å². The van der Waals surface area contributed by atoms with Gasteiger partial charge in [0.2, 0.25) is 0 Å². The van der Waals surface area contributed by atoms with E-state index in [4.69, 9.17) is 13.9 Å². The molecular weight excluding hydrogens is 336 g/mol. The first-order chi connectivity index (χ1) is 12.6. The minimum absolute atomic E-state index is 0.182. The van der Waals surface area contributed by atoms with E-state index in [1.54, 1.807) is 4.90 Å². The first kappa shape index (κ1) is 17.7. The fourth-order valence-electron chi connectivity index (χ4n) is 4.03. The lowest BCUT2D eigenvalue weighted by atomic mass is 9.95. The molecule has 3 aliphatic heterocycles. The van der Waals surface area contributed by atoms with E-state index >= 15 is 0 Å². The van der Waals surface area contributed by atoms with E-state index in [2.05, 4.69) is 4.90 Å². The van der Waals surface area contributed by atoms with Crippen LogP contribution in [0.2, 0.25) is 0 Å². The van der Waals surface area contributed by atoms with Gasteiger partial charge in [0.1, 0.15) is 11.3 Å². The summed E-state index contributed by atoms with van der Waals surface area (Å²) in [4.78, 5) is 29.4. The molecule has 0 aliphatic carbocycles. The summed E-state index contributed by atoms with van der Waals surface area (Å²) in [5.74, 6) is 0.676. The highest BCUT2D eigenvalue weighted by Crippen LogP contribution is 2.27. The molecule has 0 unspecified atom stereocenters. The maximum absolute atomic E-state index is 12.8. The predicted molar refractivity (Wildman–Crippen MR) is 94.6 cm³/mol. The molecule has 3 fully saturated rings. The second-order valence-electron chi connectivity index (χ2n) is 7.39. The molecule has 1 aromatic rings. The highest BCUT2D eigenvalue weighted by Gasteiger charge is 2.37. The summed E-state index contributed by atoms with van der Waals surface area (Å²) < 4.78 is 16.3. The maximum atomic E-state index is 12.8. The molecule has 0 radical (unpaired) electrons. The third-order valence-corrected chi connectivity index (χ3v) is 5.72. The number of amides is 1. The summed E-state index contributed by atoms with van der Waals surface area (Å²) in [7, 11) is 0. The van der Waals surface area contributed by atoms with Crippen LogP contribution in [0.1, 0.15) is 40.4 Å². The molecule has 7 nitrogen and oxygen atoms in total. The lowest BCUT2D eigenvalue weighted by Crippen LogP contribution is -2.63. The van der Waals surface area contributed by atoms with E-state index in [0.29, 0.717) is 43.7 Å². The number of carbonyl (C=O) groups excluding carboxylic acids is 1. The van der Waals surface area contributed by atoms with E-state index in [1.165, 1.54) is 0 Å². The zero-order chi connectivity index (χ0) is 18.1. The van der Waals surface area contributed by atoms with Crippen molar-refractivity contribution in [3.8, 4) is 0 Å². The second-order valence-corrected chi connectivity index (χ2v) is 7.39. The molecule has 4 rings (SSSR count). The Bertz CT molecular complexity index is 713. The van der Waals surface area contributed by atoms with Gasteiger partial charge in [-0.15, -0.1) is 0 Å². The Hall–Kier alpha value is -1.70. The zero-order valence-electron chi connectivity index (χ0n) is 15.2. The number of morpholine rings is 1. The van der Waals surface area contributed by atoms with Crippen molar-refractivity contribution in [1.29, 1.82) is 0 Å². The third-order valence-electron chi connectivity index (χ3n) is 5.72. The molecule has 3 aliphatic rings. The van der Waals surface area contributed by atoms with Crippen LogP contribution in [0.15, 0.2) is 15.3 Å². The van der Waals surface area contributed by atoms with Gasteiger partial charge in [0.25, 0.3) is 5.91 Å². The Morgan fingerprint density at radius 3 is 2.38 bits per heavy atom. The number of hydrogen-bond donors (Lipinski definition) is 0. The molecule has 142 valence electrons. The minimum Gasteiger partial charge on any atom is -0.427 e. The summed E-state index contributed by atoms with van der Waals surface area (Å²) in [6.07, 6.45) is 1.70. The van der Waals surface area contributed by atoms with Crippen LogP contribution in [-0.2, 0) is 9.47 Å². The molecule has 0 N–H and O–H groups in total. The first-order valence-electron chi connectivity index (χ1n) is 9.47. The topological polar surface area (TPSA) is 72.2 Å². The summed E-state index contributed by atoms with van der Waals surface area (Å²) in [5, 5.41) is 0. The number of nitrogens with zero attached hydrogens (tertiary/aromatic N) is 2. The van der Waals surface area contributed by atoms with E-state index < -0.39 is 5.63 Å². The molecule has 0 aromatic carbocycles. The molecule has 0 saturated carbocycles. The lowest BCUT2D eigenvalue weighted by Gasteiger charge is -2.46. The number of likely N-dealkylation sites (tertiary alicyclic amines) is 1. The van der Waals surface area contributed by atoms with Crippen LogP contribution in [0.4, 0.5) is 0 Å². The zero-order valence-corrected chi connectivity index (χ0v) is 15.2. The smallest absolute Gasteiger partial charge is 0.349 e. The van der Waals surface area contributed by atoms with Crippen LogP contribution in [0.25, 0.3) is 0 Å². The summed E-state index contributed by atoms with van der Waals surface area (Å²) in [6.45, 7) is 7.85. The van der Waals surface area contributed by atoms with Crippen LogP contribution < -0.4 is 5.63 Å². The van der Waals surface area contributed by atoms with Gasteiger partial charge in [-0.25, -0.2) is 4.79 Å². The minimum atomic E-state index is -0.508. The van der Waals surface area contributed by atoms with E-state index in [1.807, 2.05) is 13.0 Å². The van der Waals surface area contributed by atoms with Crippen molar-refractivity contribution in [2.45, 2.75) is 31.7 Å². The van der Waals surface area contributed by atoms with Gasteiger partial charge in [-0.2, -0.15) is 0 Å². The van der Waals surface area contributed by atoms with Gasteiger partial charge < -0.3 is 18.8 Å². The average Bonchev–Trinajstić information content (AvgIpc) is 2.61. The van der Waals surface area contributed by atoms with Crippen molar-refractivity contribution in [1.82, 2.24) is 9.80 Å². The van der Waals surface area contributed by atoms with Crippen LogP contribution in [0, 0.1) is 6.92 Å². The monoisotopic (exact) mass is 362 g/mol. The van der Waals surface area contributed by atoms with Gasteiger partial charge in [0.05, 0.1) is 13.2 Å². The van der Waals surface area contributed by atoms with Crippen molar-refractivity contribution >= 4 is 5.91 Å². The maximum Gasteiger partial charge on any atom is 0.349 e. The van der Waals surface area contributed by atoms with Gasteiger partial charge in [-0.1, -0.05) is 0 Å². The Labute approximate surface area is 152 Å². The van der Waals surface area contributed by atoms with Crippen molar-refractivity contribution < 1.29 is 18.7 Å². The standard InChI is InChI=1S/C19H26N2O5/c1-13-10-16(14-2-6-24-7-3-14)26-19(23)17(13)18(22)21-11-15(12-21)20-4-8-25-9-5-20/h10,14-15H,2-9,11-12H2,1H3. The SMILES string of the molecule is Cc1cc(C2CCOCC2)oc(=O)c1C(=O)N1CC(N2CCOCC2)C1. The molecule has 1 amide bonds. The van der Waals surface area contributed by atoms with Crippen LogP contribution in [0.3, 0.4) is 0 Å². The van der Waals surface area contributed by atoms with Gasteiger partial charge in [0.15, 0.2) is 0 Å². The van der Waals surface area contributed by atoms with Crippen molar-refractivity contribution in [3.05, 3.63) is 33.4 Å². The van der Waals surface area contributed by atoms with Gasteiger partial charge >= 0.3 is 5.63 Å². The Balaban J connectivity index is 1.44. The molecule has 0 bridgehead atoms. The van der Waals surface area contributed by atoms with Gasteiger partial charge in [-0.05, 0) is 31.4 Å². The molecule has 7 heteroatoms. The molecule has 1 aromatic heterocycles. The molecular formula is C19H26N2O5.